The van der Waals surface area contributed by atoms with Crippen LogP contribution in [0.1, 0.15) is 36.0 Å². The van der Waals surface area contributed by atoms with Gasteiger partial charge in [-0.05, 0) is 49.7 Å². The second-order valence-corrected chi connectivity index (χ2v) is 6.96. The molecule has 1 aromatic rings. The van der Waals surface area contributed by atoms with Crippen LogP contribution in [-0.2, 0) is 4.79 Å². The van der Waals surface area contributed by atoms with E-state index in [9.17, 15) is 9.59 Å². The van der Waals surface area contributed by atoms with Gasteiger partial charge in [0.25, 0.3) is 5.91 Å². The van der Waals surface area contributed by atoms with Crippen LogP contribution in [0.2, 0.25) is 0 Å². The van der Waals surface area contributed by atoms with E-state index in [0.29, 0.717) is 23.9 Å². The summed E-state index contributed by atoms with van der Waals surface area (Å²) in [6.45, 7) is 2.52. The van der Waals surface area contributed by atoms with E-state index in [-0.39, 0.29) is 17.9 Å². The lowest BCUT2D eigenvalue weighted by Crippen LogP contribution is -2.60. The summed E-state index contributed by atoms with van der Waals surface area (Å²) in [6, 6.07) is 9.10. The lowest BCUT2D eigenvalue weighted by Gasteiger charge is -2.46. The van der Waals surface area contributed by atoms with Crippen LogP contribution in [-0.4, -0.2) is 47.3 Å². The van der Waals surface area contributed by atoms with Crippen molar-refractivity contribution in [2.45, 2.75) is 31.7 Å². The molecule has 0 unspecified atom stereocenters. The number of benzene rings is 1. The van der Waals surface area contributed by atoms with Crippen LogP contribution in [0, 0.1) is 11.8 Å². The fourth-order valence-corrected chi connectivity index (χ4v) is 3.82. The van der Waals surface area contributed by atoms with Gasteiger partial charge < -0.3 is 9.80 Å². The number of fused-ring (bicyclic) bond motifs is 2. The van der Waals surface area contributed by atoms with Gasteiger partial charge in [-0.15, -0.1) is 0 Å². The van der Waals surface area contributed by atoms with Crippen LogP contribution in [0.25, 0.3) is 0 Å². The summed E-state index contributed by atoms with van der Waals surface area (Å²) >= 11 is 0. The first kappa shape index (κ1) is 13.8. The number of amides is 2. The molecule has 2 aliphatic heterocycles. The molecule has 2 amide bonds. The van der Waals surface area contributed by atoms with E-state index in [0.717, 1.165) is 25.9 Å². The Kier molecular flexibility index (Phi) is 3.40. The Labute approximate surface area is 131 Å². The van der Waals surface area contributed by atoms with E-state index < -0.39 is 0 Å². The summed E-state index contributed by atoms with van der Waals surface area (Å²) in [5.41, 5.74) is 0.688. The number of piperidine rings is 2. The van der Waals surface area contributed by atoms with Crippen molar-refractivity contribution < 1.29 is 9.59 Å². The Morgan fingerprint density at radius 2 is 1.91 bits per heavy atom. The summed E-state index contributed by atoms with van der Waals surface area (Å²) in [6.07, 6.45) is 4.37. The SMILES string of the molecule is O=C1[C@H]2C[C@H](CCN2C(=O)c2ccccc2)CN1CC1CC1. The molecule has 22 heavy (non-hydrogen) atoms. The minimum Gasteiger partial charge on any atom is -0.340 e. The first-order valence-electron chi connectivity index (χ1n) is 8.37. The van der Waals surface area contributed by atoms with Crippen LogP contribution in [0.15, 0.2) is 30.3 Å². The van der Waals surface area contributed by atoms with Gasteiger partial charge >= 0.3 is 0 Å². The highest BCUT2D eigenvalue weighted by molar-refractivity contribution is 5.98. The van der Waals surface area contributed by atoms with Crippen molar-refractivity contribution in [3.63, 3.8) is 0 Å². The maximum Gasteiger partial charge on any atom is 0.254 e. The highest BCUT2D eigenvalue weighted by Gasteiger charge is 2.44. The lowest BCUT2D eigenvalue weighted by atomic mass is 9.85. The zero-order valence-corrected chi connectivity index (χ0v) is 12.8. The van der Waals surface area contributed by atoms with Gasteiger partial charge in [0, 0.05) is 25.2 Å². The molecule has 2 heterocycles. The van der Waals surface area contributed by atoms with Gasteiger partial charge in [-0.3, -0.25) is 9.59 Å². The first-order chi connectivity index (χ1) is 10.7. The van der Waals surface area contributed by atoms with E-state index in [1.165, 1.54) is 12.8 Å². The summed E-state index contributed by atoms with van der Waals surface area (Å²) in [5, 5.41) is 0. The maximum atomic E-state index is 12.8. The molecule has 116 valence electrons. The van der Waals surface area contributed by atoms with Crippen LogP contribution in [0.4, 0.5) is 0 Å². The third-order valence-corrected chi connectivity index (χ3v) is 5.24. The van der Waals surface area contributed by atoms with Crippen molar-refractivity contribution in [2.75, 3.05) is 19.6 Å². The molecule has 4 nitrogen and oxygen atoms in total. The molecule has 4 heteroatoms. The van der Waals surface area contributed by atoms with Gasteiger partial charge in [0.05, 0.1) is 0 Å². The highest BCUT2D eigenvalue weighted by Crippen LogP contribution is 2.35. The second kappa shape index (κ2) is 5.41. The Morgan fingerprint density at radius 3 is 2.64 bits per heavy atom. The average Bonchev–Trinajstić information content (AvgIpc) is 3.37. The predicted octanol–water partition coefficient (Wildman–Crippen LogP) is 2.16. The smallest absolute Gasteiger partial charge is 0.254 e. The zero-order chi connectivity index (χ0) is 15.1. The number of carbonyl (C=O) groups is 2. The minimum atomic E-state index is -0.237. The standard InChI is InChI=1S/C18H22N2O2/c21-17(15-4-2-1-3-5-15)20-9-8-14-10-16(20)18(22)19(12-14)11-13-6-7-13/h1-5,13-14,16H,6-12H2/t14-,16+/m0/s1. The third-order valence-electron chi connectivity index (χ3n) is 5.24. The van der Waals surface area contributed by atoms with Gasteiger partial charge in [0.15, 0.2) is 0 Å². The molecule has 4 rings (SSSR count). The topological polar surface area (TPSA) is 40.6 Å². The molecule has 1 aromatic carbocycles. The minimum absolute atomic E-state index is 0.00525. The maximum absolute atomic E-state index is 12.8. The van der Waals surface area contributed by atoms with Crippen LogP contribution >= 0.6 is 0 Å². The number of hydrogen-bond donors (Lipinski definition) is 0. The molecule has 1 saturated carbocycles. The van der Waals surface area contributed by atoms with Crippen LogP contribution in [0.5, 0.6) is 0 Å². The third kappa shape index (κ3) is 2.51. The van der Waals surface area contributed by atoms with E-state index in [4.69, 9.17) is 0 Å². The molecule has 0 N–H and O–H groups in total. The molecule has 2 saturated heterocycles. The molecule has 3 aliphatic rings. The molecule has 2 atom stereocenters. The molecular weight excluding hydrogens is 276 g/mol. The number of nitrogens with zero attached hydrogens (tertiary/aromatic N) is 2. The normalized spacial score (nSPS) is 27.9. The zero-order valence-electron chi connectivity index (χ0n) is 12.8. The fourth-order valence-electron chi connectivity index (χ4n) is 3.82. The lowest BCUT2D eigenvalue weighted by molar-refractivity contribution is -0.144. The summed E-state index contributed by atoms with van der Waals surface area (Å²) < 4.78 is 0. The van der Waals surface area contributed by atoms with Gasteiger partial charge in [-0.1, -0.05) is 18.2 Å². The monoisotopic (exact) mass is 298 g/mol. The molecule has 0 radical (unpaired) electrons. The van der Waals surface area contributed by atoms with E-state index in [1.807, 2.05) is 40.1 Å². The Balaban J connectivity index is 1.54. The van der Waals surface area contributed by atoms with Crippen molar-refractivity contribution in [1.29, 1.82) is 0 Å². The summed E-state index contributed by atoms with van der Waals surface area (Å²) in [5.74, 6) is 1.46. The number of hydrogen-bond acceptors (Lipinski definition) is 2. The molecule has 0 aromatic heterocycles. The summed E-state index contributed by atoms with van der Waals surface area (Å²) in [4.78, 5) is 29.4. The fraction of sp³-hybridized carbons (Fsp3) is 0.556. The van der Waals surface area contributed by atoms with E-state index >= 15 is 0 Å². The Bertz CT molecular complexity index is 582. The van der Waals surface area contributed by atoms with Crippen molar-refractivity contribution in [1.82, 2.24) is 9.80 Å². The molecule has 0 spiro atoms. The number of carbonyl (C=O) groups excluding carboxylic acids is 2. The van der Waals surface area contributed by atoms with Gasteiger partial charge in [-0.25, -0.2) is 0 Å². The predicted molar refractivity (Wildman–Crippen MR) is 83.3 cm³/mol. The highest BCUT2D eigenvalue weighted by atomic mass is 16.2. The van der Waals surface area contributed by atoms with E-state index in [1.54, 1.807) is 0 Å². The van der Waals surface area contributed by atoms with Crippen molar-refractivity contribution in [3.05, 3.63) is 35.9 Å². The largest absolute Gasteiger partial charge is 0.340 e. The van der Waals surface area contributed by atoms with Gasteiger partial charge in [-0.2, -0.15) is 0 Å². The number of rotatable bonds is 3. The molecule has 1 aliphatic carbocycles. The quantitative estimate of drug-likeness (QED) is 0.858. The Hall–Kier alpha value is -1.84. The van der Waals surface area contributed by atoms with Crippen molar-refractivity contribution >= 4 is 11.8 Å². The van der Waals surface area contributed by atoms with E-state index in [2.05, 4.69) is 0 Å². The van der Waals surface area contributed by atoms with Crippen molar-refractivity contribution in [3.8, 4) is 0 Å². The van der Waals surface area contributed by atoms with Gasteiger partial charge in [0.2, 0.25) is 5.91 Å². The molecule has 3 fully saturated rings. The number of likely N-dealkylation sites (tertiary alicyclic amines) is 2. The molecular formula is C18H22N2O2. The van der Waals surface area contributed by atoms with Crippen LogP contribution < -0.4 is 0 Å². The second-order valence-electron chi connectivity index (χ2n) is 6.96. The summed E-state index contributed by atoms with van der Waals surface area (Å²) in [7, 11) is 0. The first-order valence-corrected chi connectivity index (χ1v) is 8.37. The van der Waals surface area contributed by atoms with Crippen LogP contribution in [0.3, 0.4) is 0 Å². The average molecular weight is 298 g/mol. The Morgan fingerprint density at radius 1 is 1.14 bits per heavy atom. The van der Waals surface area contributed by atoms with Gasteiger partial charge in [0.1, 0.15) is 6.04 Å². The van der Waals surface area contributed by atoms with Crippen molar-refractivity contribution in [2.24, 2.45) is 11.8 Å². The molecule has 2 bridgehead atoms.